The van der Waals surface area contributed by atoms with E-state index in [4.69, 9.17) is 21.1 Å². The van der Waals surface area contributed by atoms with Crippen molar-refractivity contribution in [2.24, 2.45) is 0 Å². The van der Waals surface area contributed by atoms with E-state index in [1.807, 2.05) is 32.0 Å². The highest BCUT2D eigenvalue weighted by atomic mass is 35.5. The standard InChI is InChI=1S/C23H28ClNO6/c1-22(2)11-25-16-9-12(4-7-17(16)30-22)8-13-10-14(5-6-15(13)24)23(3)20(28)18(26)19(27)21(29)31-23/h4-7,9-10,18-21,25-29H,8,11H2,1-3H3/t18-,19-,20+,21+,23-/m0/s1. The van der Waals surface area contributed by atoms with Crippen LogP contribution in [0.15, 0.2) is 36.4 Å². The number of fused-ring (bicyclic) bond motifs is 1. The van der Waals surface area contributed by atoms with Gasteiger partial charge >= 0.3 is 0 Å². The maximum Gasteiger partial charge on any atom is 0.184 e. The molecule has 0 bridgehead atoms. The summed E-state index contributed by atoms with van der Waals surface area (Å²) < 4.78 is 11.5. The van der Waals surface area contributed by atoms with Crippen LogP contribution >= 0.6 is 11.6 Å². The summed E-state index contributed by atoms with van der Waals surface area (Å²) in [6.45, 7) is 6.31. The summed E-state index contributed by atoms with van der Waals surface area (Å²) >= 11 is 6.45. The van der Waals surface area contributed by atoms with E-state index in [9.17, 15) is 20.4 Å². The number of anilines is 1. The van der Waals surface area contributed by atoms with Crippen molar-refractivity contribution in [2.45, 2.75) is 63.0 Å². The largest absolute Gasteiger partial charge is 0.484 e. The van der Waals surface area contributed by atoms with Crippen LogP contribution in [0.3, 0.4) is 0 Å². The van der Waals surface area contributed by atoms with Crippen molar-refractivity contribution in [2.75, 3.05) is 11.9 Å². The van der Waals surface area contributed by atoms with Crippen LogP contribution in [0.1, 0.15) is 37.5 Å². The molecule has 5 N–H and O–H groups in total. The van der Waals surface area contributed by atoms with Crippen molar-refractivity contribution >= 4 is 17.3 Å². The summed E-state index contributed by atoms with van der Waals surface area (Å²) in [5, 5.41) is 44.4. The fraction of sp³-hybridized carbons (Fsp3) is 0.478. The number of benzene rings is 2. The molecule has 0 amide bonds. The monoisotopic (exact) mass is 449 g/mol. The Bertz CT molecular complexity index is 983. The van der Waals surface area contributed by atoms with Crippen LogP contribution < -0.4 is 10.1 Å². The van der Waals surface area contributed by atoms with Crippen LogP contribution in [0.4, 0.5) is 5.69 Å². The van der Waals surface area contributed by atoms with Gasteiger partial charge in [-0.2, -0.15) is 0 Å². The van der Waals surface area contributed by atoms with E-state index in [-0.39, 0.29) is 5.60 Å². The van der Waals surface area contributed by atoms with Gasteiger partial charge < -0.3 is 35.2 Å². The first-order chi connectivity index (χ1) is 14.5. The molecule has 2 aromatic rings. The second-order valence-corrected chi connectivity index (χ2v) is 9.48. The van der Waals surface area contributed by atoms with Crippen LogP contribution in [-0.4, -0.2) is 57.2 Å². The lowest BCUT2D eigenvalue weighted by atomic mass is 9.82. The first-order valence-electron chi connectivity index (χ1n) is 10.2. The van der Waals surface area contributed by atoms with E-state index in [1.54, 1.807) is 25.1 Å². The molecule has 2 aliphatic rings. The van der Waals surface area contributed by atoms with Gasteiger partial charge in [0, 0.05) is 5.02 Å². The highest BCUT2D eigenvalue weighted by Crippen LogP contribution is 2.39. The Morgan fingerprint density at radius 2 is 1.77 bits per heavy atom. The quantitative estimate of drug-likeness (QED) is 0.488. The predicted molar refractivity (Wildman–Crippen MR) is 116 cm³/mol. The SMILES string of the molecule is CC1(C)CNc2cc(Cc3cc([C@]4(C)O[C@@H](O)[C@@H](O)[C@H](O)[C@H]4O)ccc3Cl)ccc2O1. The zero-order valence-corrected chi connectivity index (χ0v) is 18.4. The van der Waals surface area contributed by atoms with Gasteiger partial charge in [0.2, 0.25) is 0 Å². The van der Waals surface area contributed by atoms with E-state index >= 15 is 0 Å². The van der Waals surface area contributed by atoms with Crippen LogP contribution in [0.5, 0.6) is 5.75 Å². The lowest BCUT2D eigenvalue weighted by molar-refractivity contribution is -0.320. The summed E-state index contributed by atoms with van der Waals surface area (Å²) in [7, 11) is 0. The first kappa shape index (κ1) is 22.3. The van der Waals surface area contributed by atoms with Crippen LogP contribution in [0.25, 0.3) is 0 Å². The number of ether oxygens (including phenoxy) is 2. The van der Waals surface area contributed by atoms with Gasteiger partial charge in [-0.3, -0.25) is 0 Å². The van der Waals surface area contributed by atoms with Gasteiger partial charge in [0.1, 0.15) is 35.3 Å². The fourth-order valence-electron chi connectivity index (χ4n) is 4.11. The summed E-state index contributed by atoms with van der Waals surface area (Å²) in [4.78, 5) is 0. The van der Waals surface area contributed by atoms with Gasteiger partial charge in [-0.05, 0) is 62.1 Å². The molecule has 2 aliphatic heterocycles. The normalized spacial score (nSPS) is 32.0. The van der Waals surface area contributed by atoms with Crippen molar-refractivity contribution in [1.82, 2.24) is 0 Å². The Kier molecular flexibility index (Phi) is 5.70. The summed E-state index contributed by atoms with van der Waals surface area (Å²) in [6, 6.07) is 11.1. The molecule has 4 rings (SSSR count). The molecule has 2 aromatic carbocycles. The summed E-state index contributed by atoms with van der Waals surface area (Å²) in [5.74, 6) is 0.799. The van der Waals surface area contributed by atoms with Gasteiger partial charge in [-0.15, -0.1) is 0 Å². The average molecular weight is 450 g/mol. The third-order valence-corrected chi connectivity index (χ3v) is 6.41. The van der Waals surface area contributed by atoms with E-state index < -0.39 is 30.2 Å². The molecule has 0 saturated carbocycles. The van der Waals surface area contributed by atoms with Crippen LogP contribution in [0, 0.1) is 0 Å². The highest BCUT2D eigenvalue weighted by molar-refractivity contribution is 6.31. The molecule has 2 heterocycles. The maximum atomic E-state index is 10.6. The Labute approximate surface area is 186 Å². The molecule has 168 valence electrons. The molecule has 0 aromatic heterocycles. The number of hydrogen-bond donors (Lipinski definition) is 5. The van der Waals surface area contributed by atoms with E-state index in [1.165, 1.54) is 0 Å². The first-order valence-corrected chi connectivity index (χ1v) is 10.6. The molecule has 0 radical (unpaired) electrons. The Morgan fingerprint density at radius 3 is 2.52 bits per heavy atom. The van der Waals surface area contributed by atoms with E-state index in [0.29, 0.717) is 23.6 Å². The number of aliphatic hydroxyl groups is 4. The number of aliphatic hydroxyl groups excluding tert-OH is 4. The average Bonchev–Trinajstić information content (AvgIpc) is 2.72. The molecule has 7 nitrogen and oxygen atoms in total. The van der Waals surface area contributed by atoms with Crippen molar-refractivity contribution < 1.29 is 29.9 Å². The van der Waals surface area contributed by atoms with Gasteiger partial charge in [0.05, 0.1) is 12.2 Å². The molecule has 0 spiro atoms. The lowest BCUT2D eigenvalue weighted by Gasteiger charge is -2.45. The molecule has 1 saturated heterocycles. The molecule has 31 heavy (non-hydrogen) atoms. The van der Waals surface area contributed by atoms with E-state index in [0.717, 1.165) is 22.6 Å². The number of nitrogens with one attached hydrogen (secondary N) is 1. The molecule has 0 aliphatic carbocycles. The maximum absolute atomic E-state index is 10.6. The number of hydrogen-bond acceptors (Lipinski definition) is 7. The van der Waals surface area contributed by atoms with Crippen molar-refractivity contribution in [3.8, 4) is 5.75 Å². The summed E-state index contributed by atoms with van der Waals surface area (Å²) in [5.41, 5.74) is 1.56. The topological polar surface area (TPSA) is 111 Å². The molecule has 5 atom stereocenters. The van der Waals surface area contributed by atoms with Crippen molar-refractivity contribution in [3.05, 3.63) is 58.1 Å². The second-order valence-electron chi connectivity index (χ2n) is 9.07. The third kappa shape index (κ3) is 4.14. The minimum atomic E-state index is -1.63. The minimum absolute atomic E-state index is 0.273. The minimum Gasteiger partial charge on any atom is -0.484 e. The third-order valence-electron chi connectivity index (χ3n) is 6.04. The van der Waals surface area contributed by atoms with Crippen LogP contribution in [0.2, 0.25) is 5.02 Å². The van der Waals surface area contributed by atoms with E-state index in [2.05, 4.69) is 5.32 Å². The molecule has 1 fully saturated rings. The van der Waals surface area contributed by atoms with Crippen molar-refractivity contribution in [1.29, 1.82) is 0 Å². The number of halogens is 1. The van der Waals surface area contributed by atoms with Gasteiger partial charge in [-0.25, -0.2) is 0 Å². The highest BCUT2D eigenvalue weighted by Gasteiger charge is 2.51. The molecule has 8 heteroatoms. The van der Waals surface area contributed by atoms with Gasteiger partial charge in [0.25, 0.3) is 0 Å². The Hall–Kier alpha value is -1.87. The van der Waals surface area contributed by atoms with Crippen molar-refractivity contribution in [3.63, 3.8) is 0 Å². The van der Waals surface area contributed by atoms with Gasteiger partial charge in [-0.1, -0.05) is 29.8 Å². The number of rotatable bonds is 3. The summed E-state index contributed by atoms with van der Waals surface area (Å²) in [6.07, 6.45) is -5.69. The molecular formula is C23H28ClNO6. The fourth-order valence-corrected chi connectivity index (χ4v) is 4.29. The Balaban J connectivity index is 1.62. The molecule has 0 unspecified atom stereocenters. The zero-order chi connectivity index (χ0) is 22.6. The van der Waals surface area contributed by atoms with Gasteiger partial charge in [0.15, 0.2) is 6.29 Å². The smallest absolute Gasteiger partial charge is 0.184 e. The Morgan fingerprint density at radius 1 is 1.03 bits per heavy atom. The zero-order valence-electron chi connectivity index (χ0n) is 17.7. The van der Waals surface area contributed by atoms with Crippen LogP contribution in [-0.2, 0) is 16.8 Å². The lowest BCUT2D eigenvalue weighted by Crippen LogP contribution is -2.61. The second kappa shape index (κ2) is 7.92. The molecular weight excluding hydrogens is 422 g/mol. The predicted octanol–water partition coefficient (Wildman–Crippen LogP) is 2.16.